The molecule has 0 bridgehead atoms. The molecule has 1 aromatic heterocycles. The van der Waals surface area contributed by atoms with Crippen LogP contribution in [0, 0.1) is 0 Å². The van der Waals surface area contributed by atoms with E-state index >= 15 is 0 Å². The number of ether oxygens (including phenoxy) is 3. The van der Waals surface area contributed by atoms with Crippen LogP contribution in [0.4, 0.5) is 9.93 Å². The Labute approximate surface area is 152 Å². The van der Waals surface area contributed by atoms with Crippen LogP contribution in [0.1, 0.15) is 6.92 Å². The van der Waals surface area contributed by atoms with Gasteiger partial charge in [0.25, 0.3) is 0 Å². The molecule has 0 aliphatic carbocycles. The van der Waals surface area contributed by atoms with Crippen LogP contribution in [0.15, 0.2) is 16.6 Å². The smallest absolute Gasteiger partial charge is 0.321 e. The van der Waals surface area contributed by atoms with E-state index in [0.29, 0.717) is 43.9 Å². The quantitative estimate of drug-likeness (QED) is 0.611. The van der Waals surface area contributed by atoms with E-state index in [1.807, 2.05) is 19.1 Å². The van der Waals surface area contributed by atoms with Gasteiger partial charge >= 0.3 is 6.03 Å². The van der Waals surface area contributed by atoms with Gasteiger partial charge < -0.3 is 19.5 Å². The van der Waals surface area contributed by atoms with Gasteiger partial charge in [0.15, 0.2) is 10.9 Å². The summed E-state index contributed by atoms with van der Waals surface area (Å²) in [5.74, 6) is 0.698. The molecular formula is C15H20BrN3O4S. The van der Waals surface area contributed by atoms with Crippen LogP contribution in [-0.2, 0) is 9.47 Å². The number of hydrogen-bond donors (Lipinski definition) is 2. The van der Waals surface area contributed by atoms with E-state index < -0.39 is 0 Å². The third-order valence-corrected chi connectivity index (χ3v) is 4.54. The number of hydrogen-bond acceptors (Lipinski definition) is 6. The Balaban J connectivity index is 2.04. The third kappa shape index (κ3) is 5.30. The van der Waals surface area contributed by atoms with Crippen LogP contribution in [0.5, 0.6) is 5.75 Å². The second-order valence-corrected chi connectivity index (χ2v) is 6.54. The Morgan fingerprint density at radius 2 is 2.08 bits per heavy atom. The zero-order valence-corrected chi connectivity index (χ0v) is 16.0. The number of aromatic nitrogens is 1. The number of rotatable bonds is 9. The van der Waals surface area contributed by atoms with E-state index in [9.17, 15) is 4.79 Å². The van der Waals surface area contributed by atoms with Gasteiger partial charge in [-0.1, -0.05) is 11.3 Å². The summed E-state index contributed by atoms with van der Waals surface area (Å²) in [5, 5.41) is 5.91. The highest BCUT2D eigenvalue weighted by Crippen LogP contribution is 2.39. The molecule has 0 spiro atoms. The van der Waals surface area contributed by atoms with Crippen molar-refractivity contribution in [3.05, 3.63) is 16.6 Å². The predicted molar refractivity (Wildman–Crippen MR) is 98.2 cm³/mol. The monoisotopic (exact) mass is 417 g/mol. The second kappa shape index (κ2) is 9.77. The minimum absolute atomic E-state index is 0.273. The minimum Gasteiger partial charge on any atom is -0.488 e. The maximum Gasteiger partial charge on any atom is 0.321 e. The van der Waals surface area contributed by atoms with Crippen molar-refractivity contribution in [3.8, 4) is 5.75 Å². The average molecular weight is 418 g/mol. The number of carbonyl (C=O) groups is 1. The van der Waals surface area contributed by atoms with Crippen molar-refractivity contribution >= 4 is 48.6 Å². The zero-order valence-electron chi connectivity index (χ0n) is 13.6. The molecule has 1 heterocycles. The molecule has 132 valence electrons. The molecule has 0 saturated carbocycles. The predicted octanol–water partition coefficient (Wildman–Crippen LogP) is 3.24. The van der Waals surface area contributed by atoms with Crippen molar-refractivity contribution in [2.45, 2.75) is 6.92 Å². The number of thiazole rings is 1. The van der Waals surface area contributed by atoms with E-state index in [1.165, 1.54) is 11.3 Å². The molecule has 2 rings (SSSR count). The molecule has 0 fully saturated rings. The Bertz CT molecular complexity index is 680. The van der Waals surface area contributed by atoms with Crippen molar-refractivity contribution in [2.75, 3.05) is 45.4 Å². The van der Waals surface area contributed by atoms with Crippen LogP contribution in [0.3, 0.4) is 0 Å². The number of methoxy groups -OCH3 is 1. The summed E-state index contributed by atoms with van der Waals surface area (Å²) in [5.41, 5.74) is 0.769. The number of carbonyl (C=O) groups excluding carboxylic acids is 1. The standard InChI is InChI=1S/C15H20BrN3O4S/c1-3-17-14(20)19-15-18-11-5-4-10(16)12(13(11)24-15)23-9-8-22-7-6-21-2/h4-5H,3,6-9H2,1-2H3,(H2,17,18,19,20). The lowest BCUT2D eigenvalue weighted by atomic mass is 10.3. The van der Waals surface area contributed by atoms with E-state index in [-0.39, 0.29) is 6.03 Å². The molecule has 24 heavy (non-hydrogen) atoms. The second-order valence-electron chi connectivity index (χ2n) is 4.68. The van der Waals surface area contributed by atoms with Gasteiger partial charge in [0.05, 0.1) is 34.5 Å². The van der Waals surface area contributed by atoms with Crippen LogP contribution >= 0.6 is 27.3 Å². The van der Waals surface area contributed by atoms with Gasteiger partial charge in [0.2, 0.25) is 0 Å². The van der Waals surface area contributed by atoms with Crippen molar-refractivity contribution in [1.29, 1.82) is 0 Å². The summed E-state index contributed by atoms with van der Waals surface area (Å²) in [6, 6.07) is 3.48. The van der Waals surface area contributed by atoms with Gasteiger partial charge in [0.1, 0.15) is 6.61 Å². The van der Waals surface area contributed by atoms with E-state index in [0.717, 1.165) is 14.7 Å². The summed E-state index contributed by atoms with van der Waals surface area (Å²) in [7, 11) is 1.63. The van der Waals surface area contributed by atoms with E-state index in [2.05, 4.69) is 31.5 Å². The topological polar surface area (TPSA) is 81.7 Å². The van der Waals surface area contributed by atoms with Crippen LogP contribution in [0.25, 0.3) is 10.2 Å². The molecular weight excluding hydrogens is 398 g/mol. The molecule has 9 heteroatoms. The van der Waals surface area contributed by atoms with Crippen LogP contribution < -0.4 is 15.4 Å². The fraction of sp³-hybridized carbons (Fsp3) is 0.467. The summed E-state index contributed by atoms with van der Waals surface area (Å²) in [6.07, 6.45) is 0. The third-order valence-electron chi connectivity index (χ3n) is 2.93. The highest BCUT2D eigenvalue weighted by molar-refractivity contribution is 9.10. The molecule has 2 N–H and O–H groups in total. The first-order valence-corrected chi connectivity index (χ1v) is 9.10. The Kier molecular flexibility index (Phi) is 7.70. The van der Waals surface area contributed by atoms with E-state index in [1.54, 1.807) is 7.11 Å². The number of urea groups is 1. The van der Waals surface area contributed by atoms with Gasteiger partial charge in [-0.15, -0.1) is 0 Å². The van der Waals surface area contributed by atoms with Gasteiger partial charge in [-0.25, -0.2) is 9.78 Å². The first kappa shape index (κ1) is 18.9. The number of benzene rings is 1. The Morgan fingerprint density at radius 3 is 2.83 bits per heavy atom. The van der Waals surface area contributed by atoms with Gasteiger partial charge in [-0.3, -0.25) is 5.32 Å². The molecule has 2 aromatic rings. The SMILES string of the molecule is CCNC(=O)Nc1nc2ccc(Br)c(OCCOCCOC)c2s1. The molecule has 0 aliphatic rings. The minimum atomic E-state index is -0.273. The molecule has 0 aliphatic heterocycles. The maximum atomic E-state index is 11.6. The number of anilines is 1. The van der Waals surface area contributed by atoms with Gasteiger partial charge in [-0.05, 0) is 35.0 Å². The Morgan fingerprint density at radius 1 is 1.29 bits per heavy atom. The van der Waals surface area contributed by atoms with Crippen molar-refractivity contribution < 1.29 is 19.0 Å². The van der Waals surface area contributed by atoms with Crippen molar-refractivity contribution in [1.82, 2.24) is 10.3 Å². The Hall–Kier alpha value is -1.42. The fourth-order valence-corrected chi connectivity index (χ4v) is 3.42. The largest absolute Gasteiger partial charge is 0.488 e. The van der Waals surface area contributed by atoms with E-state index in [4.69, 9.17) is 14.2 Å². The molecule has 0 saturated heterocycles. The lowest BCUT2D eigenvalue weighted by Gasteiger charge is -2.09. The van der Waals surface area contributed by atoms with Crippen LogP contribution in [-0.4, -0.2) is 51.1 Å². The molecule has 0 unspecified atom stereocenters. The van der Waals surface area contributed by atoms with Crippen LogP contribution in [0.2, 0.25) is 0 Å². The summed E-state index contributed by atoms with van der Waals surface area (Å²) in [4.78, 5) is 16.0. The van der Waals surface area contributed by atoms with Crippen molar-refractivity contribution in [3.63, 3.8) is 0 Å². The number of nitrogens with one attached hydrogen (secondary N) is 2. The number of nitrogens with zero attached hydrogens (tertiary/aromatic N) is 1. The highest BCUT2D eigenvalue weighted by atomic mass is 79.9. The maximum absolute atomic E-state index is 11.6. The molecule has 0 radical (unpaired) electrons. The lowest BCUT2D eigenvalue weighted by Crippen LogP contribution is -2.28. The highest BCUT2D eigenvalue weighted by Gasteiger charge is 2.14. The molecule has 0 atom stereocenters. The zero-order chi connectivity index (χ0) is 17.4. The summed E-state index contributed by atoms with van der Waals surface area (Å²) in [6.45, 7) is 4.39. The van der Waals surface area contributed by atoms with Gasteiger partial charge in [0, 0.05) is 13.7 Å². The first-order valence-electron chi connectivity index (χ1n) is 7.49. The van der Waals surface area contributed by atoms with Crippen molar-refractivity contribution in [2.24, 2.45) is 0 Å². The number of amides is 2. The first-order chi connectivity index (χ1) is 11.7. The summed E-state index contributed by atoms with van der Waals surface area (Å²) >= 11 is 4.86. The lowest BCUT2D eigenvalue weighted by molar-refractivity contribution is 0.0546. The average Bonchev–Trinajstić information content (AvgIpc) is 2.95. The number of fused-ring (bicyclic) bond motifs is 1. The molecule has 7 nitrogen and oxygen atoms in total. The molecule has 2 amide bonds. The fourth-order valence-electron chi connectivity index (χ4n) is 1.88. The summed E-state index contributed by atoms with van der Waals surface area (Å²) < 4.78 is 17.8. The van der Waals surface area contributed by atoms with Gasteiger partial charge in [-0.2, -0.15) is 0 Å². The number of halogens is 1. The normalized spacial score (nSPS) is 10.8. The molecule has 1 aromatic carbocycles.